The molecule has 0 amide bonds. The minimum Gasteiger partial charge on any atom is -0.465 e. The van der Waals surface area contributed by atoms with Crippen molar-refractivity contribution in [2.45, 2.75) is 26.7 Å². The molecule has 14 heavy (non-hydrogen) atoms. The fourth-order valence-corrected chi connectivity index (χ4v) is 2.40. The van der Waals surface area contributed by atoms with Gasteiger partial charge < -0.3 is 4.74 Å². The molecule has 0 aromatic carbocycles. The van der Waals surface area contributed by atoms with Gasteiger partial charge in [-0.15, -0.1) is 11.3 Å². The summed E-state index contributed by atoms with van der Waals surface area (Å²) < 4.78 is 5.06. The standard InChI is InChI=1S/C11H16O2S/c1-4-13-11(12)10(8(2)3)9-6-5-7-14-9/h5-8,10H,4H2,1-3H3. The smallest absolute Gasteiger partial charge is 0.314 e. The van der Waals surface area contributed by atoms with Crippen molar-refractivity contribution in [1.82, 2.24) is 0 Å². The Hall–Kier alpha value is -0.830. The molecule has 1 heterocycles. The van der Waals surface area contributed by atoms with E-state index in [1.54, 1.807) is 11.3 Å². The second kappa shape index (κ2) is 5.15. The summed E-state index contributed by atoms with van der Waals surface area (Å²) in [6.07, 6.45) is 0. The van der Waals surface area contributed by atoms with Crippen LogP contribution in [0, 0.1) is 5.92 Å². The average molecular weight is 212 g/mol. The van der Waals surface area contributed by atoms with Crippen molar-refractivity contribution in [1.29, 1.82) is 0 Å². The molecule has 0 saturated heterocycles. The maximum atomic E-state index is 11.7. The predicted octanol–water partition coefficient (Wildman–Crippen LogP) is 3.05. The molecule has 1 aromatic heterocycles. The van der Waals surface area contributed by atoms with Crippen molar-refractivity contribution in [3.05, 3.63) is 22.4 Å². The molecule has 1 unspecified atom stereocenters. The van der Waals surface area contributed by atoms with E-state index in [2.05, 4.69) is 0 Å². The molecule has 1 atom stereocenters. The van der Waals surface area contributed by atoms with Gasteiger partial charge in [-0.2, -0.15) is 0 Å². The first-order valence-corrected chi connectivity index (χ1v) is 5.74. The minimum absolute atomic E-state index is 0.102. The monoisotopic (exact) mass is 212 g/mol. The van der Waals surface area contributed by atoms with E-state index in [1.807, 2.05) is 38.3 Å². The normalized spacial score (nSPS) is 12.9. The van der Waals surface area contributed by atoms with Gasteiger partial charge in [-0.1, -0.05) is 19.9 Å². The van der Waals surface area contributed by atoms with Crippen molar-refractivity contribution in [3.8, 4) is 0 Å². The van der Waals surface area contributed by atoms with E-state index in [-0.39, 0.29) is 17.8 Å². The van der Waals surface area contributed by atoms with E-state index in [0.29, 0.717) is 6.61 Å². The van der Waals surface area contributed by atoms with E-state index >= 15 is 0 Å². The van der Waals surface area contributed by atoms with E-state index < -0.39 is 0 Å². The third-order valence-corrected chi connectivity index (χ3v) is 3.01. The lowest BCUT2D eigenvalue weighted by Gasteiger charge is -2.17. The first-order valence-electron chi connectivity index (χ1n) is 4.86. The van der Waals surface area contributed by atoms with Gasteiger partial charge >= 0.3 is 5.97 Å². The molecule has 0 aliphatic rings. The van der Waals surface area contributed by atoms with Gasteiger partial charge in [0.15, 0.2) is 0 Å². The number of carbonyl (C=O) groups excluding carboxylic acids is 1. The maximum Gasteiger partial charge on any atom is 0.314 e. The van der Waals surface area contributed by atoms with Crippen LogP contribution in [0.25, 0.3) is 0 Å². The van der Waals surface area contributed by atoms with E-state index in [4.69, 9.17) is 4.74 Å². The highest BCUT2D eigenvalue weighted by Crippen LogP contribution is 2.29. The fraction of sp³-hybridized carbons (Fsp3) is 0.545. The number of ether oxygens (including phenoxy) is 1. The summed E-state index contributed by atoms with van der Waals surface area (Å²) >= 11 is 1.61. The highest BCUT2D eigenvalue weighted by molar-refractivity contribution is 7.10. The Balaban J connectivity index is 2.80. The number of hydrogen-bond donors (Lipinski definition) is 0. The van der Waals surface area contributed by atoms with Crippen molar-refractivity contribution in [2.24, 2.45) is 5.92 Å². The second-order valence-electron chi connectivity index (χ2n) is 3.49. The Bertz CT molecular complexity index is 277. The SMILES string of the molecule is CCOC(=O)C(c1cccs1)C(C)C. The molecule has 0 saturated carbocycles. The number of hydrogen-bond acceptors (Lipinski definition) is 3. The molecule has 0 radical (unpaired) electrons. The Morgan fingerprint density at radius 1 is 1.57 bits per heavy atom. The molecule has 0 N–H and O–H groups in total. The second-order valence-corrected chi connectivity index (χ2v) is 4.47. The van der Waals surface area contributed by atoms with Crippen LogP contribution < -0.4 is 0 Å². The summed E-state index contributed by atoms with van der Waals surface area (Å²) in [5.41, 5.74) is 0. The lowest BCUT2D eigenvalue weighted by atomic mass is 9.94. The third-order valence-electron chi connectivity index (χ3n) is 2.06. The van der Waals surface area contributed by atoms with Gasteiger partial charge in [0.1, 0.15) is 0 Å². The molecule has 1 rings (SSSR count). The predicted molar refractivity (Wildman–Crippen MR) is 58.5 cm³/mol. The highest BCUT2D eigenvalue weighted by atomic mass is 32.1. The van der Waals surface area contributed by atoms with Gasteiger partial charge in [0.05, 0.1) is 12.5 Å². The Morgan fingerprint density at radius 2 is 2.29 bits per heavy atom. The van der Waals surface area contributed by atoms with Crippen LogP contribution in [0.5, 0.6) is 0 Å². The number of thiophene rings is 1. The van der Waals surface area contributed by atoms with Gasteiger partial charge in [0.2, 0.25) is 0 Å². The molecule has 2 nitrogen and oxygen atoms in total. The minimum atomic E-state index is -0.107. The van der Waals surface area contributed by atoms with Gasteiger partial charge in [-0.05, 0) is 24.3 Å². The van der Waals surface area contributed by atoms with Crippen LogP contribution in [0.2, 0.25) is 0 Å². The van der Waals surface area contributed by atoms with Crippen LogP contribution in [0.15, 0.2) is 17.5 Å². The number of esters is 1. The number of carbonyl (C=O) groups is 1. The van der Waals surface area contributed by atoms with Gasteiger partial charge in [-0.3, -0.25) is 4.79 Å². The largest absolute Gasteiger partial charge is 0.465 e. The summed E-state index contributed by atoms with van der Waals surface area (Å²) in [6, 6.07) is 3.96. The lowest BCUT2D eigenvalue weighted by Crippen LogP contribution is -2.19. The molecule has 0 aliphatic carbocycles. The molecule has 0 aliphatic heterocycles. The quantitative estimate of drug-likeness (QED) is 0.717. The summed E-state index contributed by atoms with van der Waals surface area (Å²) in [4.78, 5) is 12.8. The maximum absolute atomic E-state index is 11.7. The number of rotatable bonds is 4. The Labute approximate surface area is 88.9 Å². The van der Waals surface area contributed by atoms with Gasteiger partial charge in [0.25, 0.3) is 0 Å². The summed E-state index contributed by atoms with van der Waals surface area (Å²) in [6.45, 7) is 6.37. The molecule has 3 heteroatoms. The molecule has 0 bridgehead atoms. The van der Waals surface area contributed by atoms with Crippen molar-refractivity contribution in [2.75, 3.05) is 6.61 Å². The van der Waals surface area contributed by atoms with E-state index in [9.17, 15) is 4.79 Å². The molecular weight excluding hydrogens is 196 g/mol. The Kier molecular flexibility index (Phi) is 4.14. The third kappa shape index (κ3) is 2.58. The molecule has 0 fully saturated rings. The van der Waals surface area contributed by atoms with Crippen molar-refractivity contribution >= 4 is 17.3 Å². The molecule has 1 aromatic rings. The lowest BCUT2D eigenvalue weighted by molar-refractivity contribution is -0.146. The Morgan fingerprint density at radius 3 is 2.71 bits per heavy atom. The average Bonchev–Trinajstić information content (AvgIpc) is 2.57. The zero-order valence-corrected chi connectivity index (χ0v) is 9.64. The fourth-order valence-electron chi connectivity index (χ4n) is 1.42. The van der Waals surface area contributed by atoms with Crippen LogP contribution in [-0.4, -0.2) is 12.6 Å². The summed E-state index contributed by atoms with van der Waals surface area (Å²) in [5.74, 6) is 0.0765. The molecular formula is C11H16O2S. The van der Waals surface area contributed by atoms with Gasteiger partial charge in [-0.25, -0.2) is 0 Å². The van der Waals surface area contributed by atoms with Gasteiger partial charge in [0, 0.05) is 4.88 Å². The first kappa shape index (κ1) is 11.2. The van der Waals surface area contributed by atoms with E-state index in [0.717, 1.165) is 4.88 Å². The first-order chi connectivity index (χ1) is 6.66. The van der Waals surface area contributed by atoms with Crippen LogP contribution in [-0.2, 0) is 9.53 Å². The van der Waals surface area contributed by atoms with Crippen molar-refractivity contribution < 1.29 is 9.53 Å². The molecule has 78 valence electrons. The zero-order chi connectivity index (χ0) is 10.6. The topological polar surface area (TPSA) is 26.3 Å². The van der Waals surface area contributed by atoms with E-state index in [1.165, 1.54) is 0 Å². The van der Waals surface area contributed by atoms with Crippen LogP contribution in [0.3, 0.4) is 0 Å². The van der Waals surface area contributed by atoms with Crippen LogP contribution in [0.4, 0.5) is 0 Å². The van der Waals surface area contributed by atoms with Crippen molar-refractivity contribution in [3.63, 3.8) is 0 Å². The van der Waals surface area contributed by atoms with Crippen LogP contribution in [0.1, 0.15) is 31.6 Å². The highest BCUT2D eigenvalue weighted by Gasteiger charge is 2.25. The van der Waals surface area contributed by atoms with Crippen LogP contribution >= 0.6 is 11.3 Å². The molecule has 0 spiro atoms. The summed E-state index contributed by atoms with van der Waals surface area (Å²) in [7, 11) is 0. The zero-order valence-electron chi connectivity index (χ0n) is 8.82. The summed E-state index contributed by atoms with van der Waals surface area (Å²) in [5, 5.41) is 1.99.